The van der Waals surface area contributed by atoms with Crippen LogP contribution in [-0.2, 0) is 9.47 Å². The molecule has 4 N–H and O–H groups in total. The molecule has 0 aromatic carbocycles. The van der Waals surface area contributed by atoms with Gasteiger partial charge < -0.3 is 20.9 Å². The summed E-state index contributed by atoms with van der Waals surface area (Å²) < 4.78 is 10.0. The lowest BCUT2D eigenvalue weighted by Gasteiger charge is -2.18. The van der Waals surface area contributed by atoms with Crippen LogP contribution < -0.4 is 11.5 Å². The summed E-state index contributed by atoms with van der Waals surface area (Å²) >= 11 is 0. The van der Waals surface area contributed by atoms with E-state index in [1.54, 1.807) is 0 Å². The van der Waals surface area contributed by atoms with E-state index in [1.165, 1.54) is 0 Å². The molecule has 1 amide bonds. The van der Waals surface area contributed by atoms with Gasteiger partial charge in [0.2, 0.25) is 0 Å². The molecule has 0 spiro atoms. The number of hydrogen-bond donors (Lipinski definition) is 2. The normalized spacial score (nSPS) is 12.9. The highest BCUT2D eigenvalue weighted by atomic mass is 16.6. The van der Waals surface area contributed by atoms with E-state index in [0.29, 0.717) is 13.0 Å². The van der Waals surface area contributed by atoms with E-state index in [2.05, 4.69) is 4.74 Å². The maximum absolute atomic E-state index is 10.3. The number of amides is 1. The monoisotopic (exact) mass is 190 g/mol. The van der Waals surface area contributed by atoms with Crippen LogP contribution in [0, 0.1) is 0 Å². The first-order chi connectivity index (χ1) is 6.06. The summed E-state index contributed by atoms with van der Waals surface area (Å²) in [6.07, 6.45) is -0.189. The summed E-state index contributed by atoms with van der Waals surface area (Å²) in [4.78, 5) is 10.3. The minimum Gasteiger partial charge on any atom is -0.447 e. The number of carbonyl (C=O) groups is 1. The van der Waals surface area contributed by atoms with Crippen LogP contribution in [0.1, 0.15) is 20.3 Å². The quantitative estimate of drug-likeness (QED) is 0.627. The highest BCUT2D eigenvalue weighted by molar-refractivity contribution is 5.64. The third-order valence-electron chi connectivity index (χ3n) is 1.36. The van der Waals surface area contributed by atoms with Gasteiger partial charge in [-0.05, 0) is 26.8 Å². The number of nitrogens with two attached hydrogens (primary N) is 2. The van der Waals surface area contributed by atoms with Gasteiger partial charge in [-0.1, -0.05) is 0 Å². The predicted octanol–water partition coefficient (Wildman–Crippen LogP) is 0.224. The van der Waals surface area contributed by atoms with E-state index < -0.39 is 6.09 Å². The largest absolute Gasteiger partial charge is 0.447 e. The zero-order chi connectivity index (χ0) is 10.3. The van der Waals surface area contributed by atoms with Crippen molar-refractivity contribution in [3.8, 4) is 0 Å². The molecule has 0 heterocycles. The maximum atomic E-state index is 10.3. The van der Waals surface area contributed by atoms with E-state index in [-0.39, 0.29) is 18.8 Å². The first-order valence-electron chi connectivity index (χ1n) is 4.34. The molecule has 0 aliphatic carbocycles. The summed E-state index contributed by atoms with van der Waals surface area (Å²) in [6.45, 7) is 4.49. The van der Waals surface area contributed by atoms with Crippen LogP contribution in [-0.4, -0.2) is 31.5 Å². The minimum atomic E-state index is -0.783. The molecule has 0 saturated carbocycles. The lowest BCUT2D eigenvalue weighted by atomic mass is 10.2. The third kappa shape index (κ3) is 7.55. The Bertz CT molecular complexity index is 150. The van der Waals surface area contributed by atoms with Gasteiger partial charge in [0, 0.05) is 0 Å². The molecule has 0 fully saturated rings. The first kappa shape index (κ1) is 12.2. The molecule has 0 rings (SSSR count). The zero-order valence-electron chi connectivity index (χ0n) is 8.16. The Morgan fingerprint density at radius 1 is 1.46 bits per heavy atom. The minimum absolute atomic E-state index is 0.0908. The van der Waals surface area contributed by atoms with Crippen LogP contribution in [0.15, 0.2) is 0 Å². The number of hydrogen-bond acceptors (Lipinski definition) is 4. The molecule has 5 nitrogen and oxygen atoms in total. The Morgan fingerprint density at radius 3 is 2.46 bits per heavy atom. The number of ether oxygens (including phenoxy) is 2. The Labute approximate surface area is 78.4 Å². The Hall–Kier alpha value is -0.810. The maximum Gasteiger partial charge on any atom is 0.404 e. The Morgan fingerprint density at radius 2 is 2.08 bits per heavy atom. The van der Waals surface area contributed by atoms with Gasteiger partial charge in [0.1, 0.15) is 6.61 Å². The van der Waals surface area contributed by atoms with Crippen molar-refractivity contribution in [3.63, 3.8) is 0 Å². The molecular weight excluding hydrogens is 172 g/mol. The SMILES string of the molecule is CC(C)OC(CCN)COC(N)=O. The third-order valence-corrected chi connectivity index (χ3v) is 1.36. The number of rotatable bonds is 6. The lowest BCUT2D eigenvalue weighted by Crippen LogP contribution is -2.29. The average molecular weight is 190 g/mol. The molecule has 1 unspecified atom stereocenters. The van der Waals surface area contributed by atoms with Crippen molar-refractivity contribution in [1.82, 2.24) is 0 Å². The van der Waals surface area contributed by atoms with Crippen molar-refractivity contribution in [2.45, 2.75) is 32.5 Å². The fourth-order valence-electron chi connectivity index (χ4n) is 0.937. The second-order valence-corrected chi connectivity index (χ2v) is 3.01. The van der Waals surface area contributed by atoms with E-state index in [9.17, 15) is 4.79 Å². The van der Waals surface area contributed by atoms with Crippen molar-refractivity contribution in [2.24, 2.45) is 11.5 Å². The summed E-state index contributed by atoms with van der Waals surface area (Å²) in [5, 5.41) is 0. The number of carbonyl (C=O) groups excluding carboxylic acids is 1. The van der Waals surface area contributed by atoms with Crippen LogP contribution >= 0.6 is 0 Å². The fourth-order valence-corrected chi connectivity index (χ4v) is 0.937. The predicted molar refractivity (Wildman–Crippen MR) is 49.2 cm³/mol. The first-order valence-corrected chi connectivity index (χ1v) is 4.34. The lowest BCUT2D eigenvalue weighted by molar-refractivity contribution is -0.0288. The van der Waals surface area contributed by atoms with Crippen LogP contribution in [0.25, 0.3) is 0 Å². The van der Waals surface area contributed by atoms with Crippen molar-refractivity contribution >= 4 is 6.09 Å². The summed E-state index contributed by atoms with van der Waals surface area (Å²) in [6, 6.07) is 0. The van der Waals surface area contributed by atoms with Crippen molar-refractivity contribution < 1.29 is 14.3 Å². The van der Waals surface area contributed by atoms with E-state index in [0.717, 1.165) is 0 Å². The smallest absolute Gasteiger partial charge is 0.404 e. The molecule has 0 saturated heterocycles. The molecule has 1 atom stereocenters. The highest BCUT2D eigenvalue weighted by Crippen LogP contribution is 2.02. The number of primary amides is 1. The van der Waals surface area contributed by atoms with Crippen LogP contribution in [0.2, 0.25) is 0 Å². The van der Waals surface area contributed by atoms with Crippen LogP contribution in [0.5, 0.6) is 0 Å². The molecule has 78 valence electrons. The van der Waals surface area contributed by atoms with E-state index in [4.69, 9.17) is 16.2 Å². The fraction of sp³-hybridized carbons (Fsp3) is 0.875. The van der Waals surface area contributed by atoms with Crippen molar-refractivity contribution in [1.29, 1.82) is 0 Å². The molecule has 0 aromatic rings. The van der Waals surface area contributed by atoms with Gasteiger partial charge in [-0.15, -0.1) is 0 Å². The van der Waals surface area contributed by atoms with Crippen molar-refractivity contribution in [3.05, 3.63) is 0 Å². The molecule has 0 radical (unpaired) electrons. The molecule has 0 bridgehead atoms. The average Bonchev–Trinajstić information content (AvgIpc) is 1.99. The summed E-state index contributed by atoms with van der Waals surface area (Å²) in [5.74, 6) is 0. The molecule has 0 aromatic heterocycles. The summed E-state index contributed by atoms with van der Waals surface area (Å²) in [5.41, 5.74) is 10.2. The van der Waals surface area contributed by atoms with Gasteiger partial charge in [0.15, 0.2) is 0 Å². The van der Waals surface area contributed by atoms with Crippen LogP contribution in [0.3, 0.4) is 0 Å². The van der Waals surface area contributed by atoms with Crippen molar-refractivity contribution in [2.75, 3.05) is 13.2 Å². The second kappa shape index (κ2) is 6.68. The standard InChI is InChI=1S/C8H18N2O3/c1-6(2)13-7(3-4-9)5-12-8(10)11/h6-7H,3-5,9H2,1-2H3,(H2,10,11). The molecule has 5 heteroatoms. The topological polar surface area (TPSA) is 87.6 Å². The van der Waals surface area contributed by atoms with Crippen LogP contribution in [0.4, 0.5) is 4.79 Å². The molecule has 0 aliphatic heterocycles. The molecular formula is C8H18N2O3. The molecule has 0 aliphatic rings. The van der Waals surface area contributed by atoms with Gasteiger partial charge in [-0.2, -0.15) is 0 Å². The zero-order valence-corrected chi connectivity index (χ0v) is 8.16. The van der Waals surface area contributed by atoms with Gasteiger partial charge in [0.25, 0.3) is 0 Å². The van der Waals surface area contributed by atoms with Gasteiger partial charge in [-0.3, -0.25) is 0 Å². The van der Waals surface area contributed by atoms with Gasteiger partial charge >= 0.3 is 6.09 Å². The van der Waals surface area contributed by atoms with Gasteiger partial charge in [0.05, 0.1) is 12.2 Å². The Balaban J connectivity index is 3.72. The molecule has 13 heavy (non-hydrogen) atoms. The van der Waals surface area contributed by atoms with Gasteiger partial charge in [-0.25, -0.2) is 4.79 Å². The Kier molecular flexibility index (Phi) is 6.26. The highest BCUT2D eigenvalue weighted by Gasteiger charge is 2.11. The van der Waals surface area contributed by atoms with E-state index in [1.807, 2.05) is 13.8 Å². The van der Waals surface area contributed by atoms with E-state index >= 15 is 0 Å². The summed E-state index contributed by atoms with van der Waals surface area (Å²) in [7, 11) is 0. The second-order valence-electron chi connectivity index (χ2n) is 3.01.